The van der Waals surface area contributed by atoms with Gasteiger partial charge in [0.25, 0.3) is 11.5 Å². The molecule has 2 heterocycles. The summed E-state index contributed by atoms with van der Waals surface area (Å²) < 4.78 is 1.24. The molecular weight excluding hydrogens is 588 g/mol. The van der Waals surface area contributed by atoms with Gasteiger partial charge in [0.1, 0.15) is 18.3 Å². The maximum Gasteiger partial charge on any atom is 0.287 e. The van der Waals surface area contributed by atoms with Crippen LogP contribution in [0.3, 0.4) is 0 Å². The standard InChI is InChI=1S/C31H43ClN6O6/c1-2-33-29(43)24(39)9-8-22(35-27(41)21-6-3-4-10-34-21)28(42)36-23-7-5-11-38(30(23)44)17-25(40)37-26-19-12-18-13-20(26)16-31(32,14-18)15-19/h5,7,11,18-22,26,34H,2-4,6,8-10,12-17H2,1H3,(H,33,43)(H,35,41)(H,36,42)(H,37,40)/t18?,19?,20?,21-,22-,26?,31?/m0/s1. The zero-order chi connectivity index (χ0) is 31.4. The van der Waals surface area contributed by atoms with E-state index in [-0.39, 0.29) is 54.3 Å². The maximum absolute atomic E-state index is 13.4. The van der Waals surface area contributed by atoms with E-state index < -0.39 is 35.2 Å². The van der Waals surface area contributed by atoms with Gasteiger partial charge in [0, 0.05) is 30.1 Å². The Morgan fingerprint density at radius 2 is 1.86 bits per heavy atom. The van der Waals surface area contributed by atoms with Gasteiger partial charge in [0.2, 0.25) is 23.5 Å². The summed E-state index contributed by atoms with van der Waals surface area (Å²) in [6.07, 6.45) is 8.52. The van der Waals surface area contributed by atoms with Gasteiger partial charge in [-0.25, -0.2) is 0 Å². The molecule has 1 aromatic heterocycles. The Balaban J connectivity index is 1.22. The van der Waals surface area contributed by atoms with Crippen LogP contribution in [0.1, 0.15) is 71.1 Å². The van der Waals surface area contributed by atoms with Crippen molar-refractivity contribution in [2.45, 2.75) is 101 Å². The minimum Gasteiger partial charge on any atom is -0.351 e. The zero-order valence-electron chi connectivity index (χ0n) is 25.2. The van der Waals surface area contributed by atoms with Gasteiger partial charge in [-0.15, -0.1) is 11.6 Å². The summed E-state index contributed by atoms with van der Waals surface area (Å²) in [7, 11) is 0. The number of rotatable bonds is 12. The largest absolute Gasteiger partial charge is 0.351 e. The number of hydrogen-bond acceptors (Lipinski definition) is 7. The lowest BCUT2D eigenvalue weighted by molar-refractivity contribution is -0.138. The summed E-state index contributed by atoms with van der Waals surface area (Å²) in [4.78, 5) is 76.7. The fourth-order valence-electron chi connectivity index (χ4n) is 7.79. The van der Waals surface area contributed by atoms with Gasteiger partial charge in [0.15, 0.2) is 0 Å². The quantitative estimate of drug-likeness (QED) is 0.171. The third-order valence-corrected chi connectivity index (χ3v) is 10.1. The predicted octanol–water partition coefficient (Wildman–Crippen LogP) is 1.20. The first-order valence-corrected chi connectivity index (χ1v) is 16.3. The molecule has 5 N–H and O–H groups in total. The first-order valence-electron chi connectivity index (χ1n) is 15.9. The van der Waals surface area contributed by atoms with Gasteiger partial charge in [0.05, 0.1) is 6.04 Å². The molecule has 4 atom stereocenters. The van der Waals surface area contributed by atoms with E-state index in [1.807, 2.05) is 0 Å². The topological polar surface area (TPSA) is 168 Å². The average Bonchev–Trinajstić information content (AvgIpc) is 2.98. The highest BCUT2D eigenvalue weighted by atomic mass is 35.5. The van der Waals surface area contributed by atoms with Gasteiger partial charge in [-0.3, -0.25) is 28.8 Å². The lowest BCUT2D eigenvalue weighted by Gasteiger charge is -2.57. The number of ketones is 1. The Bertz CT molecular complexity index is 1330. The van der Waals surface area contributed by atoms with E-state index in [0.29, 0.717) is 30.7 Å². The number of anilines is 1. The number of aromatic nitrogens is 1. The lowest BCUT2D eigenvalue weighted by Crippen LogP contribution is -2.60. The van der Waals surface area contributed by atoms with Crippen LogP contribution in [0.15, 0.2) is 23.1 Å². The second-order valence-electron chi connectivity index (χ2n) is 12.9. The molecular formula is C31H43ClN6O6. The summed E-state index contributed by atoms with van der Waals surface area (Å²) in [6.45, 7) is 2.45. The number of pyridine rings is 1. The molecule has 5 aliphatic rings. The molecule has 44 heavy (non-hydrogen) atoms. The number of likely N-dealkylation sites (N-methyl/N-ethyl adjacent to an activating group) is 1. The summed E-state index contributed by atoms with van der Waals surface area (Å²) >= 11 is 6.84. The molecule has 4 bridgehead atoms. The van der Waals surface area contributed by atoms with Crippen LogP contribution in [-0.2, 0) is 30.5 Å². The van der Waals surface area contributed by atoms with Crippen LogP contribution < -0.4 is 32.1 Å². The summed E-state index contributed by atoms with van der Waals surface area (Å²) in [5.41, 5.74) is -0.632. The highest BCUT2D eigenvalue weighted by Crippen LogP contribution is 2.58. The fraction of sp³-hybridized carbons (Fsp3) is 0.677. The summed E-state index contributed by atoms with van der Waals surface area (Å²) in [5.74, 6) is -1.49. The molecule has 0 spiro atoms. The molecule has 1 aliphatic heterocycles. The number of Topliss-reactive ketones (excluding diaryl/α,β-unsaturated/α-hetero) is 1. The van der Waals surface area contributed by atoms with Crippen LogP contribution in [0.5, 0.6) is 0 Å². The third kappa shape index (κ3) is 7.51. The number of hydrogen-bond donors (Lipinski definition) is 5. The molecule has 4 aliphatic carbocycles. The molecule has 6 rings (SSSR count). The van der Waals surface area contributed by atoms with Crippen molar-refractivity contribution in [2.24, 2.45) is 17.8 Å². The van der Waals surface area contributed by atoms with Gasteiger partial charge in [-0.05, 0) is 94.7 Å². The van der Waals surface area contributed by atoms with Crippen molar-refractivity contribution in [3.8, 4) is 0 Å². The number of carbonyl (C=O) groups is 5. The first-order chi connectivity index (χ1) is 21.0. The molecule has 2 unspecified atom stereocenters. The molecule has 0 radical (unpaired) electrons. The van der Waals surface area contributed by atoms with E-state index in [2.05, 4.69) is 26.6 Å². The average molecular weight is 631 g/mol. The van der Waals surface area contributed by atoms with E-state index in [1.165, 1.54) is 16.8 Å². The van der Waals surface area contributed by atoms with Crippen molar-refractivity contribution in [2.75, 3.05) is 18.4 Å². The van der Waals surface area contributed by atoms with Gasteiger partial charge in [-0.2, -0.15) is 0 Å². The Morgan fingerprint density at radius 3 is 2.52 bits per heavy atom. The van der Waals surface area contributed by atoms with Crippen LogP contribution in [0.4, 0.5) is 5.69 Å². The number of carbonyl (C=O) groups excluding carboxylic acids is 5. The summed E-state index contributed by atoms with van der Waals surface area (Å²) in [5, 5.41) is 14.0. The molecule has 5 fully saturated rings. The molecule has 1 aromatic rings. The first kappa shape index (κ1) is 32.2. The van der Waals surface area contributed by atoms with Gasteiger partial charge >= 0.3 is 0 Å². The number of alkyl halides is 1. The minimum atomic E-state index is -1.16. The smallest absolute Gasteiger partial charge is 0.287 e. The van der Waals surface area contributed by atoms with Crippen LogP contribution >= 0.6 is 11.6 Å². The molecule has 1 saturated heterocycles. The van der Waals surface area contributed by atoms with Crippen molar-refractivity contribution >= 4 is 46.7 Å². The second-order valence-corrected chi connectivity index (χ2v) is 13.7. The maximum atomic E-state index is 13.4. The van der Waals surface area contributed by atoms with Crippen LogP contribution in [0, 0.1) is 17.8 Å². The van der Waals surface area contributed by atoms with Crippen molar-refractivity contribution in [3.63, 3.8) is 0 Å². The minimum absolute atomic E-state index is 0.0506. The Hall–Kier alpha value is -3.25. The predicted molar refractivity (Wildman–Crippen MR) is 164 cm³/mol. The van der Waals surface area contributed by atoms with Crippen molar-refractivity contribution in [1.29, 1.82) is 0 Å². The number of amides is 4. The molecule has 4 amide bonds. The third-order valence-electron chi connectivity index (χ3n) is 9.63. The molecule has 13 heteroatoms. The highest BCUT2D eigenvalue weighted by molar-refractivity contribution is 6.36. The Morgan fingerprint density at radius 1 is 1.11 bits per heavy atom. The van der Waals surface area contributed by atoms with Gasteiger partial charge < -0.3 is 31.2 Å². The van der Waals surface area contributed by atoms with Crippen molar-refractivity contribution in [1.82, 2.24) is 25.8 Å². The van der Waals surface area contributed by atoms with Crippen LogP contribution in [-0.4, -0.2) is 70.1 Å². The van der Waals surface area contributed by atoms with Gasteiger partial charge in [-0.1, -0.05) is 6.42 Å². The number of nitrogens with zero attached hydrogens (tertiary/aromatic N) is 1. The van der Waals surface area contributed by atoms with E-state index >= 15 is 0 Å². The molecule has 240 valence electrons. The van der Waals surface area contributed by atoms with E-state index in [4.69, 9.17) is 11.6 Å². The van der Waals surface area contributed by atoms with E-state index in [1.54, 1.807) is 13.0 Å². The van der Waals surface area contributed by atoms with Crippen molar-refractivity contribution in [3.05, 3.63) is 28.7 Å². The molecule has 12 nitrogen and oxygen atoms in total. The number of halogens is 1. The van der Waals surface area contributed by atoms with E-state index in [9.17, 15) is 28.8 Å². The lowest BCUT2D eigenvalue weighted by atomic mass is 9.53. The number of nitrogens with one attached hydrogen (secondary N) is 5. The molecule has 4 saturated carbocycles. The monoisotopic (exact) mass is 630 g/mol. The van der Waals surface area contributed by atoms with Crippen LogP contribution in [0.25, 0.3) is 0 Å². The second kappa shape index (κ2) is 13.8. The summed E-state index contributed by atoms with van der Waals surface area (Å²) in [6, 6.07) is 1.39. The zero-order valence-corrected chi connectivity index (χ0v) is 25.9. The van der Waals surface area contributed by atoms with E-state index in [0.717, 1.165) is 44.9 Å². The molecule has 0 aromatic carbocycles. The van der Waals surface area contributed by atoms with Crippen LogP contribution in [0.2, 0.25) is 0 Å². The number of piperidine rings is 1. The Kier molecular flexibility index (Phi) is 10.1. The normalized spacial score (nSPS) is 29.4. The SMILES string of the molecule is CCNC(=O)C(=O)CC[C@H](NC(=O)[C@@H]1CCCCN1)C(=O)Nc1cccn(CC(=O)NC2C3CC4CC2CC(Cl)(C4)C3)c1=O. The Labute approximate surface area is 261 Å². The highest BCUT2D eigenvalue weighted by Gasteiger charge is 2.55. The fourth-order valence-corrected chi connectivity index (χ4v) is 8.40. The van der Waals surface area contributed by atoms with Crippen molar-refractivity contribution < 1.29 is 24.0 Å².